The first-order valence-corrected chi connectivity index (χ1v) is 1.95. The molecule has 0 rings (SSSR count). The van der Waals surface area contributed by atoms with Gasteiger partial charge in [0.05, 0.1) is 0 Å². The predicted octanol–water partition coefficient (Wildman–Crippen LogP) is -4.54. The van der Waals surface area contributed by atoms with Gasteiger partial charge in [0.15, 0.2) is 17.4 Å². The molecule has 42 valence electrons. The molecule has 0 amide bonds. The van der Waals surface area contributed by atoms with Crippen molar-refractivity contribution in [2.45, 2.75) is 0 Å². The third-order valence-corrected chi connectivity index (χ3v) is 0. The molecule has 0 atom stereocenters. The SMILES string of the molecule is O.O=[Si](O)O.[AlH3].[CaH2]. The zero-order valence-corrected chi connectivity index (χ0v) is 3.30. The summed E-state index contributed by atoms with van der Waals surface area (Å²) < 4.78 is 8.74. The average molecular weight is 168 g/mol. The fourth-order valence-electron chi connectivity index (χ4n) is 0. The van der Waals surface area contributed by atoms with E-state index >= 15 is 0 Å². The molecule has 0 bridgehead atoms. The Hall–Kier alpha value is 1.37. The van der Waals surface area contributed by atoms with Crippen LogP contribution in [-0.2, 0) is 4.46 Å². The number of rotatable bonds is 0. The molecule has 0 spiro atoms. The average Bonchev–Trinajstić information content (AvgIpc) is 0.811. The molecule has 4 N–H and O–H groups in total. The Bertz CT molecular complexity index is 34.7. The summed E-state index contributed by atoms with van der Waals surface area (Å²) in [5, 5.41) is 0. The molecule has 7 heteroatoms. The molecule has 0 fully saturated rings. The first kappa shape index (κ1) is 23.8. The van der Waals surface area contributed by atoms with E-state index in [1.54, 1.807) is 0 Å². The van der Waals surface area contributed by atoms with Gasteiger partial charge in [-0.25, -0.2) is 0 Å². The van der Waals surface area contributed by atoms with Gasteiger partial charge in [-0.15, -0.1) is 0 Å². The minimum absolute atomic E-state index is 0. The molecule has 7 heavy (non-hydrogen) atoms. The van der Waals surface area contributed by atoms with E-state index in [4.69, 9.17) is 14.1 Å². The molecule has 4 nitrogen and oxygen atoms in total. The van der Waals surface area contributed by atoms with E-state index in [1.807, 2.05) is 0 Å². The van der Waals surface area contributed by atoms with Gasteiger partial charge in [0, 0.05) is 0 Å². The van der Waals surface area contributed by atoms with Crippen LogP contribution < -0.4 is 0 Å². The minimum atomic E-state index is -3.13. The van der Waals surface area contributed by atoms with Crippen LogP contribution in [0.4, 0.5) is 0 Å². The van der Waals surface area contributed by atoms with E-state index in [9.17, 15) is 0 Å². The van der Waals surface area contributed by atoms with Gasteiger partial charge in [0.2, 0.25) is 0 Å². The maximum absolute atomic E-state index is 8.74. The fourth-order valence-corrected chi connectivity index (χ4v) is 0. The van der Waals surface area contributed by atoms with E-state index < -0.39 is 9.17 Å². The molecule has 0 heterocycles. The summed E-state index contributed by atoms with van der Waals surface area (Å²) in [5.74, 6) is 0. The van der Waals surface area contributed by atoms with E-state index in [0.717, 1.165) is 0 Å². The number of hydrogen-bond acceptors (Lipinski definition) is 1. The monoisotopic (exact) mass is 168 g/mol. The third kappa shape index (κ3) is 113. The van der Waals surface area contributed by atoms with Gasteiger partial charge in [-0.05, 0) is 0 Å². The molecular formula is H9AlCaO4Si. The van der Waals surface area contributed by atoms with Gasteiger partial charge in [0.25, 0.3) is 0 Å². The van der Waals surface area contributed by atoms with Gasteiger partial charge >= 0.3 is 46.9 Å². The second kappa shape index (κ2) is 15.7. The summed E-state index contributed by atoms with van der Waals surface area (Å²) in [4.78, 5) is 14.3. The molecule has 0 radical (unpaired) electrons. The molecule has 0 aromatic carbocycles. The van der Waals surface area contributed by atoms with Crippen LogP contribution in [0.2, 0.25) is 0 Å². The quantitative estimate of drug-likeness (QED) is 0.357. The summed E-state index contributed by atoms with van der Waals surface area (Å²) in [6, 6.07) is 0. The fraction of sp³-hybridized carbons (Fsp3) is 0. The Labute approximate surface area is 82.9 Å². The molecule has 0 unspecified atom stereocenters. The van der Waals surface area contributed by atoms with Crippen LogP contribution in [0.3, 0.4) is 0 Å². The Kier molecular flexibility index (Phi) is 53.3. The van der Waals surface area contributed by atoms with Crippen molar-refractivity contribution in [1.29, 1.82) is 0 Å². The molecule has 0 saturated heterocycles. The zero-order valence-electron chi connectivity index (χ0n) is 2.30. The topological polar surface area (TPSA) is 89.0 Å². The summed E-state index contributed by atoms with van der Waals surface area (Å²) in [5.41, 5.74) is 0. The van der Waals surface area contributed by atoms with Crippen molar-refractivity contribution in [1.82, 2.24) is 0 Å². The van der Waals surface area contributed by atoms with E-state index in [2.05, 4.69) is 0 Å². The van der Waals surface area contributed by atoms with Crippen molar-refractivity contribution >= 4 is 64.3 Å². The number of hydrogen-bond donors (Lipinski definition) is 2. The summed E-state index contributed by atoms with van der Waals surface area (Å²) in [7, 11) is -3.13. The van der Waals surface area contributed by atoms with Crippen molar-refractivity contribution in [3.63, 3.8) is 0 Å². The van der Waals surface area contributed by atoms with Gasteiger partial charge in [-0.1, -0.05) is 0 Å². The van der Waals surface area contributed by atoms with Crippen LogP contribution in [0.5, 0.6) is 0 Å². The maximum atomic E-state index is 8.74. The molecule has 0 aromatic rings. The Morgan fingerprint density at radius 1 is 1.29 bits per heavy atom. The summed E-state index contributed by atoms with van der Waals surface area (Å²) >= 11 is 0. The van der Waals surface area contributed by atoms with Crippen LogP contribution in [0.15, 0.2) is 0 Å². The van der Waals surface area contributed by atoms with Crippen LogP contribution in [0, 0.1) is 0 Å². The van der Waals surface area contributed by atoms with Crippen molar-refractivity contribution in [2.75, 3.05) is 0 Å². The predicted molar refractivity (Wildman–Crippen MR) is 33.0 cm³/mol. The Balaban J connectivity index is -0.0000000150. The van der Waals surface area contributed by atoms with Gasteiger partial charge < -0.3 is 15.1 Å². The molecular weight excluding hydrogens is 159 g/mol. The van der Waals surface area contributed by atoms with Crippen LogP contribution >= 0.6 is 0 Å². The molecule has 0 saturated carbocycles. The molecule has 0 aromatic heterocycles. The van der Waals surface area contributed by atoms with Gasteiger partial charge in [-0.2, -0.15) is 0 Å². The zero-order chi connectivity index (χ0) is 3.58. The normalized spacial score (nSPS) is 3.43. The Morgan fingerprint density at radius 2 is 1.29 bits per heavy atom. The van der Waals surface area contributed by atoms with Gasteiger partial charge in [-0.3, -0.25) is 4.46 Å². The molecule has 0 aliphatic heterocycles. The molecule has 0 aliphatic carbocycles. The second-order valence-electron chi connectivity index (χ2n) is 0.283. The standard InChI is InChI=1S/Al.Ca.H2O3Si.H2O.5H/c;;1-4(2)3;;;;;;/h;;1-2H;1H2;;;;;. The molecule has 0 aliphatic rings. The van der Waals surface area contributed by atoms with Crippen LogP contribution in [-0.4, -0.2) is 79.3 Å². The summed E-state index contributed by atoms with van der Waals surface area (Å²) in [6.45, 7) is 0. The summed E-state index contributed by atoms with van der Waals surface area (Å²) in [6.07, 6.45) is 0. The van der Waals surface area contributed by atoms with Crippen LogP contribution in [0.25, 0.3) is 0 Å². The first-order chi connectivity index (χ1) is 1.73. The van der Waals surface area contributed by atoms with Crippen molar-refractivity contribution in [3.05, 3.63) is 0 Å². The van der Waals surface area contributed by atoms with Crippen molar-refractivity contribution in [3.8, 4) is 0 Å². The van der Waals surface area contributed by atoms with Crippen molar-refractivity contribution in [2.24, 2.45) is 0 Å². The van der Waals surface area contributed by atoms with E-state index in [0.29, 0.717) is 0 Å². The van der Waals surface area contributed by atoms with Crippen LogP contribution in [0.1, 0.15) is 0 Å². The van der Waals surface area contributed by atoms with Crippen molar-refractivity contribution < 1.29 is 19.5 Å². The Morgan fingerprint density at radius 3 is 1.29 bits per heavy atom. The second-order valence-corrected chi connectivity index (χ2v) is 0.848. The van der Waals surface area contributed by atoms with Gasteiger partial charge in [0.1, 0.15) is 0 Å². The third-order valence-electron chi connectivity index (χ3n) is 0. The first-order valence-electron chi connectivity index (χ1n) is 0.651. The van der Waals surface area contributed by atoms with E-state index in [-0.39, 0.29) is 60.6 Å². The van der Waals surface area contributed by atoms with E-state index in [1.165, 1.54) is 0 Å².